The van der Waals surface area contributed by atoms with Crippen molar-refractivity contribution < 1.29 is 19.1 Å². The van der Waals surface area contributed by atoms with Crippen LogP contribution in [-0.2, 0) is 14.3 Å². The van der Waals surface area contributed by atoms with Crippen LogP contribution in [0, 0.1) is 19.8 Å². The number of likely N-dealkylation sites (N-methyl/N-ethyl adjacent to an activating group) is 1. The van der Waals surface area contributed by atoms with Crippen molar-refractivity contribution in [2.75, 3.05) is 6.54 Å². The van der Waals surface area contributed by atoms with E-state index in [2.05, 4.69) is 10.6 Å². The molecule has 7 heteroatoms. The summed E-state index contributed by atoms with van der Waals surface area (Å²) in [4.78, 5) is 41.3. The summed E-state index contributed by atoms with van der Waals surface area (Å²) < 4.78 is 5.41. The predicted octanol–water partition coefficient (Wildman–Crippen LogP) is 4.66. The van der Waals surface area contributed by atoms with Crippen molar-refractivity contribution in [3.8, 4) is 0 Å². The van der Waals surface area contributed by atoms with Gasteiger partial charge in [-0.3, -0.25) is 9.59 Å². The van der Waals surface area contributed by atoms with Crippen molar-refractivity contribution in [2.45, 2.75) is 99.4 Å². The molecule has 1 rings (SSSR count). The van der Waals surface area contributed by atoms with Gasteiger partial charge in [0.25, 0.3) is 0 Å². The Labute approximate surface area is 199 Å². The fourth-order valence-corrected chi connectivity index (χ4v) is 3.63. The molecule has 3 unspecified atom stereocenters. The van der Waals surface area contributed by atoms with Gasteiger partial charge in [0.05, 0.1) is 0 Å². The second-order valence-corrected chi connectivity index (χ2v) is 10.1. The molecular weight excluding hydrogens is 418 g/mol. The number of aryl methyl sites for hydroxylation is 2. The number of benzene rings is 1. The Morgan fingerprint density at radius 3 is 2.12 bits per heavy atom. The van der Waals surface area contributed by atoms with Crippen molar-refractivity contribution >= 4 is 17.9 Å². The largest absolute Gasteiger partial charge is 0.444 e. The Morgan fingerprint density at radius 2 is 1.64 bits per heavy atom. The van der Waals surface area contributed by atoms with E-state index in [1.807, 2.05) is 66.7 Å². The number of rotatable bonds is 9. The lowest BCUT2D eigenvalue weighted by molar-refractivity contribution is -0.143. The number of carbonyl (C=O) groups is 3. The molecule has 186 valence electrons. The first-order valence-corrected chi connectivity index (χ1v) is 11.9. The third-order valence-corrected chi connectivity index (χ3v) is 5.50. The molecule has 0 heterocycles. The van der Waals surface area contributed by atoms with Gasteiger partial charge < -0.3 is 20.3 Å². The quantitative estimate of drug-likeness (QED) is 0.560. The van der Waals surface area contributed by atoms with Crippen LogP contribution in [0.4, 0.5) is 4.79 Å². The minimum atomic E-state index is -0.815. The first-order valence-electron chi connectivity index (χ1n) is 11.9. The maximum absolute atomic E-state index is 13.9. The Bertz CT molecular complexity index is 829. The van der Waals surface area contributed by atoms with E-state index >= 15 is 0 Å². The number of nitrogens with zero attached hydrogens (tertiary/aromatic N) is 1. The number of ether oxygens (including phenoxy) is 1. The SMILES string of the molecule is CCC(C)C(NC(=O)OC(C)(C)C)C(=O)N(CC)C(C(=O)NC(C)C)c1cc(C)ccc1C. The fraction of sp³-hybridized carbons (Fsp3) is 0.654. The van der Waals surface area contributed by atoms with Gasteiger partial charge in [-0.25, -0.2) is 4.79 Å². The van der Waals surface area contributed by atoms with E-state index in [0.29, 0.717) is 13.0 Å². The summed E-state index contributed by atoms with van der Waals surface area (Å²) >= 11 is 0. The third-order valence-electron chi connectivity index (χ3n) is 5.50. The van der Waals surface area contributed by atoms with Crippen LogP contribution < -0.4 is 10.6 Å². The van der Waals surface area contributed by atoms with E-state index in [0.717, 1.165) is 16.7 Å². The van der Waals surface area contributed by atoms with Crippen LogP contribution in [0.2, 0.25) is 0 Å². The topological polar surface area (TPSA) is 87.7 Å². The standard InChI is InChI=1S/C26H43N3O4/c1-11-18(6)21(28-25(32)33-26(8,9)10)24(31)29(12-2)22(23(30)27-16(3)4)20-15-17(5)13-14-19(20)7/h13-16,18,21-22H,11-12H2,1-10H3,(H,27,30)(H,28,32). The molecular formula is C26H43N3O4. The van der Waals surface area contributed by atoms with E-state index in [-0.39, 0.29) is 23.8 Å². The van der Waals surface area contributed by atoms with Crippen LogP contribution in [0.15, 0.2) is 18.2 Å². The predicted molar refractivity (Wildman–Crippen MR) is 132 cm³/mol. The summed E-state index contributed by atoms with van der Waals surface area (Å²) in [7, 11) is 0. The maximum atomic E-state index is 13.9. The highest BCUT2D eigenvalue weighted by Gasteiger charge is 2.38. The molecule has 0 fully saturated rings. The molecule has 0 aromatic heterocycles. The molecule has 1 aromatic rings. The molecule has 0 aliphatic heterocycles. The zero-order chi connectivity index (χ0) is 25.5. The molecule has 0 bridgehead atoms. The van der Waals surface area contributed by atoms with Crippen LogP contribution in [0.25, 0.3) is 0 Å². The summed E-state index contributed by atoms with van der Waals surface area (Å²) in [5, 5.41) is 5.73. The van der Waals surface area contributed by atoms with Crippen molar-refractivity contribution in [3.05, 3.63) is 34.9 Å². The highest BCUT2D eigenvalue weighted by Crippen LogP contribution is 2.28. The number of amides is 3. The van der Waals surface area contributed by atoms with Gasteiger partial charge in [-0.1, -0.05) is 44.0 Å². The van der Waals surface area contributed by atoms with E-state index in [1.54, 1.807) is 25.7 Å². The van der Waals surface area contributed by atoms with E-state index in [4.69, 9.17) is 4.74 Å². The minimum absolute atomic E-state index is 0.0795. The molecule has 0 aliphatic rings. The molecule has 3 atom stereocenters. The van der Waals surface area contributed by atoms with Gasteiger partial charge in [-0.15, -0.1) is 0 Å². The van der Waals surface area contributed by atoms with Crippen LogP contribution in [0.1, 0.15) is 84.5 Å². The molecule has 3 amide bonds. The second-order valence-electron chi connectivity index (χ2n) is 10.1. The van der Waals surface area contributed by atoms with Gasteiger partial charge in [0, 0.05) is 12.6 Å². The van der Waals surface area contributed by atoms with Gasteiger partial charge in [0.15, 0.2) is 0 Å². The first-order chi connectivity index (χ1) is 15.2. The first kappa shape index (κ1) is 28.5. The smallest absolute Gasteiger partial charge is 0.408 e. The Balaban J connectivity index is 3.46. The van der Waals surface area contributed by atoms with Crippen molar-refractivity contribution in [1.82, 2.24) is 15.5 Å². The van der Waals surface area contributed by atoms with Gasteiger partial charge in [0.1, 0.15) is 17.7 Å². The Morgan fingerprint density at radius 1 is 1.03 bits per heavy atom. The maximum Gasteiger partial charge on any atom is 0.408 e. The van der Waals surface area contributed by atoms with E-state index in [1.165, 1.54) is 0 Å². The second kappa shape index (κ2) is 12.1. The lowest BCUT2D eigenvalue weighted by Crippen LogP contribution is -2.55. The lowest BCUT2D eigenvalue weighted by atomic mass is 9.93. The summed E-state index contributed by atoms with van der Waals surface area (Å²) in [6, 6.07) is 4.20. The number of alkyl carbamates (subject to hydrolysis) is 1. The zero-order valence-electron chi connectivity index (χ0n) is 22.0. The molecule has 0 spiro atoms. The molecule has 33 heavy (non-hydrogen) atoms. The average molecular weight is 462 g/mol. The number of carbonyl (C=O) groups excluding carboxylic acids is 3. The summed E-state index contributed by atoms with van der Waals surface area (Å²) in [5.74, 6) is -0.692. The number of nitrogens with one attached hydrogen (secondary N) is 2. The van der Waals surface area contributed by atoms with Crippen LogP contribution in [0.5, 0.6) is 0 Å². The number of hydrogen-bond acceptors (Lipinski definition) is 4. The molecule has 0 saturated carbocycles. The van der Waals surface area contributed by atoms with Crippen LogP contribution >= 0.6 is 0 Å². The van der Waals surface area contributed by atoms with Gasteiger partial charge in [0.2, 0.25) is 11.8 Å². The zero-order valence-corrected chi connectivity index (χ0v) is 22.0. The molecule has 0 aliphatic carbocycles. The van der Waals surface area contributed by atoms with Gasteiger partial charge >= 0.3 is 6.09 Å². The van der Waals surface area contributed by atoms with Crippen molar-refractivity contribution in [1.29, 1.82) is 0 Å². The monoisotopic (exact) mass is 461 g/mol. The van der Waals surface area contributed by atoms with Crippen molar-refractivity contribution in [3.63, 3.8) is 0 Å². The van der Waals surface area contributed by atoms with Gasteiger partial charge in [-0.2, -0.15) is 0 Å². The van der Waals surface area contributed by atoms with Crippen LogP contribution in [-0.4, -0.2) is 47.0 Å². The summed E-state index contributed by atoms with van der Waals surface area (Å²) in [5.41, 5.74) is 2.03. The van der Waals surface area contributed by atoms with Gasteiger partial charge in [-0.05, 0) is 72.4 Å². The highest BCUT2D eigenvalue weighted by atomic mass is 16.6. The van der Waals surface area contributed by atoms with E-state index < -0.39 is 23.8 Å². The molecule has 0 radical (unpaired) electrons. The summed E-state index contributed by atoms with van der Waals surface area (Å²) in [6.45, 7) is 19.0. The lowest BCUT2D eigenvalue weighted by Gasteiger charge is -2.36. The average Bonchev–Trinajstić information content (AvgIpc) is 2.69. The Hall–Kier alpha value is -2.57. The molecule has 0 saturated heterocycles. The normalized spacial score (nSPS) is 14.3. The van der Waals surface area contributed by atoms with E-state index in [9.17, 15) is 14.4 Å². The molecule has 1 aromatic carbocycles. The minimum Gasteiger partial charge on any atom is -0.444 e. The van der Waals surface area contributed by atoms with Crippen LogP contribution in [0.3, 0.4) is 0 Å². The number of hydrogen-bond donors (Lipinski definition) is 2. The third kappa shape index (κ3) is 8.37. The highest BCUT2D eigenvalue weighted by molar-refractivity contribution is 5.92. The molecule has 2 N–H and O–H groups in total. The summed E-state index contributed by atoms with van der Waals surface area (Å²) in [6.07, 6.45) is 0.0305. The molecule has 7 nitrogen and oxygen atoms in total. The van der Waals surface area contributed by atoms with Crippen molar-refractivity contribution in [2.24, 2.45) is 5.92 Å². The Kier molecular flexibility index (Phi) is 10.4. The fourth-order valence-electron chi connectivity index (χ4n) is 3.63.